The molecular weight excluding hydrogens is 288 g/mol. The highest BCUT2D eigenvalue weighted by molar-refractivity contribution is 5.84. The summed E-state index contributed by atoms with van der Waals surface area (Å²) < 4.78 is 0. The molecule has 5 atom stereocenters. The molecule has 0 aromatic heterocycles. The fourth-order valence-corrected chi connectivity index (χ4v) is 4.64. The molecule has 0 spiro atoms. The summed E-state index contributed by atoms with van der Waals surface area (Å²) in [6, 6.07) is 9.97. The van der Waals surface area contributed by atoms with Crippen LogP contribution in [-0.2, 0) is 9.59 Å². The Morgan fingerprint density at radius 1 is 1.13 bits per heavy atom. The van der Waals surface area contributed by atoms with Crippen LogP contribution in [0.15, 0.2) is 47.5 Å². The number of hydrogen-bond acceptors (Lipinski definition) is 3. The van der Waals surface area contributed by atoms with Crippen LogP contribution in [0, 0.1) is 11.8 Å². The summed E-state index contributed by atoms with van der Waals surface area (Å²) in [6.07, 6.45) is 9.38. The van der Waals surface area contributed by atoms with Crippen molar-refractivity contribution in [3.8, 4) is 0 Å². The van der Waals surface area contributed by atoms with Crippen LogP contribution in [0.4, 0.5) is 0 Å². The van der Waals surface area contributed by atoms with Crippen molar-refractivity contribution >= 4 is 12.0 Å². The van der Waals surface area contributed by atoms with Crippen LogP contribution < -0.4 is 0 Å². The molecule has 118 valence electrons. The predicted octanol–water partition coefficient (Wildman–Crippen LogP) is 2.67. The highest BCUT2D eigenvalue weighted by Crippen LogP contribution is 2.46. The average Bonchev–Trinajstić information content (AvgIpc) is 2.90. The number of hydrogen-bond donors (Lipinski definition) is 0. The van der Waals surface area contributed by atoms with Gasteiger partial charge < -0.3 is 4.90 Å². The molecule has 1 amide bonds. The monoisotopic (exact) mass is 308 g/mol. The van der Waals surface area contributed by atoms with Crippen molar-refractivity contribution in [3.63, 3.8) is 0 Å². The minimum Gasteiger partial charge on any atom is -0.339 e. The normalized spacial score (nSPS) is 35.4. The molecule has 2 aliphatic heterocycles. The van der Waals surface area contributed by atoms with E-state index in [-0.39, 0.29) is 29.7 Å². The van der Waals surface area contributed by atoms with Gasteiger partial charge in [-0.3, -0.25) is 4.79 Å². The van der Waals surface area contributed by atoms with Gasteiger partial charge in [0.05, 0.1) is 12.0 Å². The Bertz CT molecular complexity index is 678. The number of nitrogens with zero attached hydrogens (tertiary/aromatic N) is 2. The van der Waals surface area contributed by atoms with Gasteiger partial charge in [-0.05, 0) is 24.8 Å². The smallest absolute Gasteiger partial charge is 0.235 e. The van der Waals surface area contributed by atoms with Gasteiger partial charge in [-0.25, -0.2) is 9.79 Å². The van der Waals surface area contributed by atoms with Crippen LogP contribution in [0.2, 0.25) is 0 Å². The van der Waals surface area contributed by atoms with E-state index in [1.807, 2.05) is 35.2 Å². The largest absolute Gasteiger partial charge is 0.339 e. The molecule has 4 nitrogen and oxygen atoms in total. The number of amides is 1. The molecule has 0 N–H and O–H groups in total. The molecule has 2 fully saturated rings. The summed E-state index contributed by atoms with van der Waals surface area (Å²) in [4.78, 5) is 30.1. The van der Waals surface area contributed by atoms with Crippen molar-refractivity contribution in [2.75, 3.05) is 6.54 Å². The van der Waals surface area contributed by atoms with Gasteiger partial charge in [0.25, 0.3) is 0 Å². The summed E-state index contributed by atoms with van der Waals surface area (Å²) in [5, 5.41) is 0. The van der Waals surface area contributed by atoms with Crippen LogP contribution in [0.5, 0.6) is 0 Å². The Balaban J connectivity index is 1.75. The number of carbonyl (C=O) groups excluding carboxylic acids is 2. The second-order valence-electron chi connectivity index (χ2n) is 6.73. The van der Waals surface area contributed by atoms with Crippen molar-refractivity contribution in [2.45, 2.75) is 37.3 Å². The lowest BCUT2D eigenvalue weighted by atomic mass is 9.72. The van der Waals surface area contributed by atoms with E-state index >= 15 is 0 Å². The molecule has 4 heteroatoms. The molecule has 0 radical (unpaired) electrons. The van der Waals surface area contributed by atoms with E-state index in [1.165, 1.54) is 6.42 Å². The van der Waals surface area contributed by atoms with Crippen molar-refractivity contribution in [2.24, 2.45) is 16.8 Å². The third-order valence-electron chi connectivity index (χ3n) is 5.64. The quantitative estimate of drug-likeness (QED) is 0.479. The Morgan fingerprint density at radius 3 is 2.74 bits per heavy atom. The Kier molecular flexibility index (Phi) is 3.62. The Labute approximate surface area is 135 Å². The lowest BCUT2D eigenvalue weighted by molar-refractivity contribution is -0.133. The summed E-state index contributed by atoms with van der Waals surface area (Å²) in [7, 11) is 0. The molecule has 1 aromatic rings. The lowest BCUT2D eigenvalue weighted by Crippen LogP contribution is -2.39. The molecule has 23 heavy (non-hydrogen) atoms. The van der Waals surface area contributed by atoms with Crippen LogP contribution in [0.3, 0.4) is 0 Å². The zero-order valence-corrected chi connectivity index (χ0v) is 13.0. The van der Waals surface area contributed by atoms with Gasteiger partial charge in [0, 0.05) is 24.4 Å². The minimum absolute atomic E-state index is 0.0239. The van der Waals surface area contributed by atoms with Gasteiger partial charge in [-0.1, -0.05) is 42.5 Å². The first kappa shape index (κ1) is 14.4. The number of aliphatic imine (C=N–C) groups is 1. The first-order chi connectivity index (χ1) is 11.3. The number of rotatable bonds is 2. The molecule has 0 bridgehead atoms. The number of isocyanates is 1. The predicted molar refractivity (Wildman–Crippen MR) is 86.6 cm³/mol. The van der Waals surface area contributed by atoms with Crippen LogP contribution in [0.25, 0.3) is 0 Å². The molecule has 3 aliphatic rings. The van der Waals surface area contributed by atoms with Crippen molar-refractivity contribution < 1.29 is 9.59 Å². The van der Waals surface area contributed by atoms with Gasteiger partial charge in [0.2, 0.25) is 12.0 Å². The zero-order chi connectivity index (χ0) is 15.8. The number of piperidine rings is 1. The lowest BCUT2D eigenvalue weighted by Gasteiger charge is -2.34. The fourth-order valence-electron chi connectivity index (χ4n) is 4.64. The van der Waals surface area contributed by atoms with E-state index in [0.29, 0.717) is 6.04 Å². The molecular formula is C19H20N2O2. The second-order valence-corrected chi connectivity index (χ2v) is 6.73. The van der Waals surface area contributed by atoms with Gasteiger partial charge in [-0.2, -0.15) is 0 Å². The Morgan fingerprint density at radius 2 is 1.96 bits per heavy atom. The van der Waals surface area contributed by atoms with Crippen LogP contribution in [0.1, 0.15) is 30.7 Å². The van der Waals surface area contributed by atoms with Gasteiger partial charge >= 0.3 is 0 Å². The van der Waals surface area contributed by atoms with Gasteiger partial charge in [0.15, 0.2) is 0 Å². The van der Waals surface area contributed by atoms with E-state index in [1.54, 1.807) is 6.08 Å². The molecule has 2 saturated heterocycles. The van der Waals surface area contributed by atoms with Crippen molar-refractivity contribution in [1.82, 2.24) is 4.90 Å². The SMILES string of the molecule is O=C=N[C@@H]1[C@H]2C(=O)N3CCCC[C@@H]3[C@H]2C=C[C@H]1c1ccccc1. The van der Waals surface area contributed by atoms with Gasteiger partial charge in [-0.15, -0.1) is 0 Å². The molecule has 0 unspecified atom stereocenters. The van der Waals surface area contributed by atoms with Crippen molar-refractivity contribution in [3.05, 3.63) is 48.0 Å². The van der Waals surface area contributed by atoms with E-state index in [4.69, 9.17) is 0 Å². The molecule has 1 aliphatic carbocycles. The maximum absolute atomic E-state index is 12.9. The molecule has 4 rings (SSSR count). The standard InChI is InChI=1S/C19H20N2O2/c22-12-20-18-14(13-6-2-1-3-7-13)9-10-15-16-8-4-5-11-21(16)19(23)17(15)18/h1-3,6-7,9-10,14-18H,4-5,8,11H2/t14-,15+,16+,17-,18-/m0/s1. The number of fused-ring (bicyclic) bond motifs is 3. The second kappa shape index (κ2) is 5.78. The first-order valence-corrected chi connectivity index (χ1v) is 8.42. The number of carbonyl (C=O) groups is 1. The summed E-state index contributed by atoms with van der Waals surface area (Å²) >= 11 is 0. The van der Waals surface area contributed by atoms with E-state index < -0.39 is 0 Å². The summed E-state index contributed by atoms with van der Waals surface area (Å²) in [5.74, 6) is 0.123. The molecule has 2 heterocycles. The zero-order valence-electron chi connectivity index (χ0n) is 13.0. The fraction of sp³-hybridized carbons (Fsp3) is 0.474. The number of benzene rings is 1. The Hall–Kier alpha value is -2.19. The average molecular weight is 308 g/mol. The van der Waals surface area contributed by atoms with Crippen LogP contribution in [-0.4, -0.2) is 35.5 Å². The molecule has 0 saturated carbocycles. The maximum atomic E-state index is 12.9. The summed E-state index contributed by atoms with van der Waals surface area (Å²) in [5.41, 5.74) is 1.10. The highest BCUT2D eigenvalue weighted by Gasteiger charge is 2.53. The van der Waals surface area contributed by atoms with E-state index in [0.717, 1.165) is 24.9 Å². The van der Waals surface area contributed by atoms with E-state index in [9.17, 15) is 9.59 Å². The summed E-state index contributed by atoms with van der Waals surface area (Å²) in [6.45, 7) is 0.845. The third kappa shape index (κ3) is 2.25. The minimum atomic E-state index is -0.331. The first-order valence-electron chi connectivity index (χ1n) is 8.42. The van der Waals surface area contributed by atoms with E-state index in [2.05, 4.69) is 17.1 Å². The van der Waals surface area contributed by atoms with Gasteiger partial charge in [0.1, 0.15) is 0 Å². The highest BCUT2D eigenvalue weighted by atomic mass is 16.2. The molecule has 1 aromatic carbocycles. The van der Waals surface area contributed by atoms with Crippen molar-refractivity contribution in [1.29, 1.82) is 0 Å². The third-order valence-corrected chi connectivity index (χ3v) is 5.64. The van der Waals surface area contributed by atoms with Crippen LogP contribution >= 0.6 is 0 Å². The maximum Gasteiger partial charge on any atom is 0.235 e. The topological polar surface area (TPSA) is 49.7 Å².